The van der Waals surface area contributed by atoms with E-state index in [2.05, 4.69) is 30.1 Å². The van der Waals surface area contributed by atoms with Crippen LogP contribution in [-0.2, 0) is 34.0 Å². The first kappa shape index (κ1) is 18.4. The number of hydrogen-bond donors (Lipinski definition) is 1. The van der Waals surface area contributed by atoms with Crippen molar-refractivity contribution in [2.45, 2.75) is 45.0 Å². The molecule has 0 saturated carbocycles. The minimum absolute atomic E-state index is 0.0950. The van der Waals surface area contributed by atoms with E-state index in [4.69, 9.17) is 14.6 Å². The zero-order valence-corrected chi connectivity index (χ0v) is 14.6. The molecule has 24 heavy (non-hydrogen) atoms. The molecule has 1 atom stereocenters. The van der Waals surface area contributed by atoms with Gasteiger partial charge in [-0.3, -0.25) is 14.5 Å². The lowest BCUT2D eigenvalue weighted by atomic mass is 10.0. The van der Waals surface area contributed by atoms with Crippen molar-refractivity contribution in [3.05, 3.63) is 34.9 Å². The molecule has 1 aromatic rings. The molecule has 132 valence electrons. The third kappa shape index (κ3) is 4.13. The van der Waals surface area contributed by atoms with Gasteiger partial charge in [0, 0.05) is 33.3 Å². The maximum Gasteiger partial charge on any atom is 0.290 e. The number of carbonyl (C=O) groups excluding carboxylic acids is 1. The van der Waals surface area contributed by atoms with Gasteiger partial charge >= 0.3 is 0 Å². The van der Waals surface area contributed by atoms with Gasteiger partial charge < -0.3 is 14.7 Å². The molecule has 1 amide bonds. The molecule has 6 nitrogen and oxygen atoms in total. The van der Waals surface area contributed by atoms with Crippen molar-refractivity contribution in [2.75, 3.05) is 20.7 Å². The summed E-state index contributed by atoms with van der Waals surface area (Å²) in [5.74, 6) is 0.0950. The van der Waals surface area contributed by atoms with Gasteiger partial charge in [0.2, 0.25) is 0 Å². The van der Waals surface area contributed by atoms with Crippen LogP contribution in [0.3, 0.4) is 0 Å². The van der Waals surface area contributed by atoms with E-state index >= 15 is 0 Å². The van der Waals surface area contributed by atoms with Crippen molar-refractivity contribution in [2.24, 2.45) is 0 Å². The zero-order valence-electron chi connectivity index (χ0n) is 14.6. The summed E-state index contributed by atoms with van der Waals surface area (Å²) in [6.07, 6.45) is 1.80. The Hall–Kier alpha value is -1.92. The summed E-state index contributed by atoms with van der Waals surface area (Å²) in [6, 6.07) is 6.57. The molecule has 0 spiro atoms. The van der Waals surface area contributed by atoms with Crippen molar-refractivity contribution in [1.29, 1.82) is 0 Å². The molecular weight excluding hydrogens is 308 g/mol. The molecule has 1 aromatic carbocycles. The third-order valence-corrected chi connectivity index (χ3v) is 4.59. The summed E-state index contributed by atoms with van der Waals surface area (Å²) in [5.41, 5.74) is 3.37. The average Bonchev–Trinajstić information content (AvgIpc) is 3.12. The normalized spacial score (nSPS) is 22.5. The molecule has 1 unspecified atom stereocenters. The fourth-order valence-corrected chi connectivity index (χ4v) is 3.41. The SMILES string of the molecule is CN1Cc2ccc(CN(C)C(=O)C3(C)CCCO3)cc2C1.O=CO. The molecule has 1 saturated heterocycles. The zero-order chi connectivity index (χ0) is 17.7. The highest BCUT2D eigenvalue weighted by molar-refractivity contribution is 5.84. The Labute approximate surface area is 143 Å². The van der Waals surface area contributed by atoms with Crippen molar-refractivity contribution < 1.29 is 19.4 Å². The Kier molecular flexibility index (Phi) is 5.96. The number of carbonyl (C=O) groups is 2. The van der Waals surface area contributed by atoms with Crippen LogP contribution in [0.2, 0.25) is 0 Å². The second kappa shape index (κ2) is 7.77. The number of hydrogen-bond acceptors (Lipinski definition) is 4. The number of amides is 1. The predicted octanol–water partition coefficient (Wildman–Crippen LogP) is 1.86. The smallest absolute Gasteiger partial charge is 0.290 e. The molecule has 2 aliphatic heterocycles. The number of likely N-dealkylation sites (N-methyl/N-ethyl adjacent to an activating group) is 1. The van der Waals surface area contributed by atoms with Crippen LogP contribution in [0.15, 0.2) is 18.2 Å². The third-order valence-electron chi connectivity index (χ3n) is 4.59. The highest BCUT2D eigenvalue weighted by Crippen LogP contribution is 2.28. The predicted molar refractivity (Wildman–Crippen MR) is 90.4 cm³/mol. The van der Waals surface area contributed by atoms with Crippen molar-refractivity contribution in [1.82, 2.24) is 9.80 Å². The molecule has 2 aliphatic rings. The number of ether oxygens (including phenoxy) is 1. The fourth-order valence-electron chi connectivity index (χ4n) is 3.41. The molecule has 0 aromatic heterocycles. The lowest BCUT2D eigenvalue weighted by Crippen LogP contribution is -2.44. The van der Waals surface area contributed by atoms with Gasteiger partial charge in [-0.25, -0.2) is 0 Å². The van der Waals surface area contributed by atoms with Crippen molar-refractivity contribution in [3.8, 4) is 0 Å². The van der Waals surface area contributed by atoms with Crippen LogP contribution >= 0.6 is 0 Å². The summed E-state index contributed by atoms with van der Waals surface area (Å²) in [5, 5.41) is 6.89. The maximum atomic E-state index is 12.5. The second-order valence-corrected chi connectivity index (χ2v) is 6.72. The Balaban J connectivity index is 0.000000647. The van der Waals surface area contributed by atoms with Crippen LogP contribution in [0.4, 0.5) is 0 Å². The highest BCUT2D eigenvalue weighted by Gasteiger charge is 2.39. The first-order valence-electron chi connectivity index (χ1n) is 8.16. The largest absolute Gasteiger partial charge is 0.483 e. The Morgan fingerprint density at radius 2 is 2.08 bits per heavy atom. The highest BCUT2D eigenvalue weighted by atomic mass is 16.5. The fraction of sp³-hybridized carbons (Fsp3) is 0.556. The van der Waals surface area contributed by atoms with E-state index in [1.807, 2.05) is 14.0 Å². The minimum atomic E-state index is -0.619. The van der Waals surface area contributed by atoms with Crippen LogP contribution in [-0.4, -0.2) is 53.6 Å². The molecule has 0 aliphatic carbocycles. The monoisotopic (exact) mass is 334 g/mol. The first-order valence-corrected chi connectivity index (χ1v) is 8.16. The summed E-state index contributed by atoms with van der Waals surface area (Å²) >= 11 is 0. The van der Waals surface area contributed by atoms with Gasteiger partial charge in [-0.15, -0.1) is 0 Å². The van der Waals surface area contributed by atoms with Gasteiger partial charge in [-0.1, -0.05) is 18.2 Å². The van der Waals surface area contributed by atoms with Gasteiger partial charge in [-0.2, -0.15) is 0 Å². The topological polar surface area (TPSA) is 70.1 Å². The van der Waals surface area contributed by atoms with Crippen LogP contribution in [0, 0.1) is 0 Å². The molecule has 2 heterocycles. The van der Waals surface area contributed by atoms with Crippen LogP contribution in [0.5, 0.6) is 0 Å². The molecular formula is C18H26N2O4. The van der Waals surface area contributed by atoms with Gasteiger partial charge in [0.05, 0.1) is 0 Å². The summed E-state index contributed by atoms with van der Waals surface area (Å²) in [4.78, 5) is 25.0. The summed E-state index contributed by atoms with van der Waals surface area (Å²) in [7, 11) is 4.00. The van der Waals surface area contributed by atoms with E-state index in [1.54, 1.807) is 4.90 Å². The van der Waals surface area contributed by atoms with Crippen LogP contribution in [0.1, 0.15) is 36.5 Å². The molecule has 6 heteroatoms. The minimum Gasteiger partial charge on any atom is -0.483 e. The standard InChI is InChI=1S/C17H24N2O2.CH2O2/c1-17(7-4-8-21-17)16(20)19(3)10-13-5-6-14-11-18(2)12-15(14)9-13;2-1-3/h5-6,9H,4,7-8,10-12H2,1-3H3;1H,(H,2,3). The van der Waals surface area contributed by atoms with E-state index in [0.717, 1.165) is 25.9 Å². The first-order chi connectivity index (χ1) is 11.4. The van der Waals surface area contributed by atoms with Crippen molar-refractivity contribution in [3.63, 3.8) is 0 Å². The molecule has 0 bridgehead atoms. The molecule has 1 fully saturated rings. The summed E-state index contributed by atoms with van der Waals surface area (Å²) < 4.78 is 5.65. The summed E-state index contributed by atoms with van der Waals surface area (Å²) in [6.45, 7) is 5.03. The average molecular weight is 334 g/mol. The number of carboxylic acid groups (broad SMARTS) is 1. The van der Waals surface area contributed by atoms with Gasteiger partial charge in [0.15, 0.2) is 0 Å². The lowest BCUT2D eigenvalue weighted by Gasteiger charge is -2.28. The van der Waals surface area contributed by atoms with Gasteiger partial charge in [0.1, 0.15) is 5.60 Å². The van der Waals surface area contributed by atoms with E-state index in [0.29, 0.717) is 13.2 Å². The Bertz CT molecular complexity index is 597. The number of rotatable bonds is 3. The molecule has 1 N–H and O–H groups in total. The van der Waals surface area contributed by atoms with Crippen LogP contribution in [0.25, 0.3) is 0 Å². The van der Waals surface area contributed by atoms with E-state index in [9.17, 15) is 4.79 Å². The van der Waals surface area contributed by atoms with Crippen molar-refractivity contribution >= 4 is 12.4 Å². The molecule has 3 rings (SSSR count). The quantitative estimate of drug-likeness (QED) is 0.855. The molecule has 0 radical (unpaired) electrons. The van der Waals surface area contributed by atoms with Crippen LogP contribution < -0.4 is 0 Å². The second-order valence-electron chi connectivity index (χ2n) is 6.72. The lowest BCUT2D eigenvalue weighted by molar-refractivity contribution is -0.150. The Morgan fingerprint density at radius 3 is 2.71 bits per heavy atom. The Morgan fingerprint density at radius 1 is 1.42 bits per heavy atom. The number of nitrogens with zero attached hydrogens (tertiary/aromatic N) is 2. The maximum absolute atomic E-state index is 12.5. The van der Waals surface area contributed by atoms with Gasteiger partial charge in [0.25, 0.3) is 12.4 Å². The number of fused-ring (bicyclic) bond motifs is 1. The van der Waals surface area contributed by atoms with Gasteiger partial charge in [-0.05, 0) is 43.5 Å². The number of benzene rings is 1. The van der Waals surface area contributed by atoms with E-state index in [1.165, 1.54) is 16.7 Å². The van der Waals surface area contributed by atoms with E-state index < -0.39 is 5.60 Å². The van der Waals surface area contributed by atoms with E-state index in [-0.39, 0.29) is 12.4 Å².